The summed E-state index contributed by atoms with van der Waals surface area (Å²) in [4.78, 5) is 11.8. The molecule has 4 heteroatoms. The molecule has 0 aromatic carbocycles. The van der Waals surface area contributed by atoms with Crippen molar-refractivity contribution in [3.8, 4) is 0 Å². The van der Waals surface area contributed by atoms with Gasteiger partial charge < -0.3 is 15.3 Å². The van der Waals surface area contributed by atoms with E-state index in [0.717, 1.165) is 43.5 Å². The van der Waals surface area contributed by atoms with Gasteiger partial charge in [0.15, 0.2) is 0 Å². The number of aromatic nitrogens is 2. The predicted octanol–water partition coefficient (Wildman–Crippen LogP) is 4.13. The zero-order valence-electron chi connectivity index (χ0n) is 13.5. The highest BCUT2D eigenvalue weighted by Crippen LogP contribution is 2.25. The summed E-state index contributed by atoms with van der Waals surface area (Å²) in [6.07, 6.45) is 11.7. The number of aromatic amines is 2. The van der Waals surface area contributed by atoms with Crippen molar-refractivity contribution >= 4 is 17.9 Å². The Morgan fingerprint density at radius 3 is 2.21 bits per heavy atom. The summed E-state index contributed by atoms with van der Waals surface area (Å²) in [7, 11) is 0. The number of allylic oxidation sites excluding steroid dienone is 4. The fourth-order valence-electron chi connectivity index (χ4n) is 3.64. The van der Waals surface area contributed by atoms with Gasteiger partial charge in [-0.25, -0.2) is 0 Å². The predicted molar refractivity (Wildman–Crippen MR) is 97.5 cm³/mol. The molecule has 0 radical (unpaired) electrons. The molecular weight excluding hydrogens is 296 g/mol. The van der Waals surface area contributed by atoms with E-state index in [4.69, 9.17) is 4.99 Å². The lowest BCUT2D eigenvalue weighted by Crippen LogP contribution is -2.04. The summed E-state index contributed by atoms with van der Waals surface area (Å²) in [5, 5.41) is 3.55. The highest BCUT2D eigenvalue weighted by Gasteiger charge is 2.16. The van der Waals surface area contributed by atoms with E-state index in [1.54, 1.807) is 0 Å². The van der Waals surface area contributed by atoms with E-state index in [2.05, 4.69) is 57.8 Å². The molecule has 0 saturated carbocycles. The molecule has 1 fully saturated rings. The number of H-pyrrole nitrogens is 2. The standard InChI is InChI=1S/C20H20N4/c1-2-14-10-16-5-6-18(23-16)12-20-8-7-19(24-20)11-17-4-3-15(22-17)9-13(1)21-14/h1-4,10-12,21-23H,5-9H2. The van der Waals surface area contributed by atoms with Crippen LogP contribution >= 0.6 is 0 Å². The molecule has 4 nitrogen and oxygen atoms in total. The van der Waals surface area contributed by atoms with Crippen LogP contribution in [0.1, 0.15) is 48.5 Å². The van der Waals surface area contributed by atoms with Gasteiger partial charge in [-0.1, -0.05) is 0 Å². The summed E-state index contributed by atoms with van der Waals surface area (Å²) in [5.41, 5.74) is 9.65. The molecule has 3 aliphatic heterocycles. The normalized spacial score (nSPS) is 19.3. The molecule has 5 heterocycles. The van der Waals surface area contributed by atoms with Crippen molar-refractivity contribution in [2.75, 3.05) is 0 Å². The third-order valence-corrected chi connectivity index (χ3v) is 4.82. The van der Waals surface area contributed by atoms with Gasteiger partial charge in [0.05, 0.1) is 0 Å². The quantitative estimate of drug-likeness (QED) is 0.672. The molecule has 2 aromatic heterocycles. The van der Waals surface area contributed by atoms with Crippen LogP contribution in [0.15, 0.2) is 52.4 Å². The number of rotatable bonds is 0. The van der Waals surface area contributed by atoms with E-state index in [9.17, 15) is 0 Å². The van der Waals surface area contributed by atoms with Gasteiger partial charge in [-0.2, -0.15) is 0 Å². The van der Waals surface area contributed by atoms with Crippen molar-refractivity contribution in [3.05, 3.63) is 70.2 Å². The van der Waals surface area contributed by atoms with E-state index in [-0.39, 0.29) is 0 Å². The average molecular weight is 316 g/mol. The molecule has 0 aliphatic carbocycles. The SMILES string of the molecule is C1=C2CCC(=N2)C=C2CCC(=Cc3ccc([nH]3)Cc3ccc1[nH]3)N2. The zero-order chi connectivity index (χ0) is 15.9. The fraction of sp³-hybridized carbons (Fsp3) is 0.250. The second kappa shape index (κ2) is 5.41. The van der Waals surface area contributed by atoms with Crippen LogP contribution in [0.3, 0.4) is 0 Å². The first-order valence-electron chi connectivity index (χ1n) is 8.62. The molecular formula is C20H20N4. The lowest BCUT2D eigenvalue weighted by atomic mass is 10.2. The Labute approximate surface area is 141 Å². The average Bonchev–Trinajstić information content (AvgIpc) is 3.32. The second-order valence-electron chi connectivity index (χ2n) is 6.76. The van der Waals surface area contributed by atoms with E-state index in [1.165, 1.54) is 34.2 Å². The third-order valence-electron chi connectivity index (χ3n) is 4.82. The Balaban J connectivity index is 1.58. The molecule has 1 saturated heterocycles. The first-order chi connectivity index (χ1) is 11.8. The topological polar surface area (TPSA) is 56.0 Å². The number of hydrogen-bond acceptors (Lipinski definition) is 2. The van der Waals surface area contributed by atoms with Gasteiger partial charge in [0, 0.05) is 52.0 Å². The Hall–Kier alpha value is -2.75. The van der Waals surface area contributed by atoms with E-state index in [0.29, 0.717) is 0 Å². The number of nitrogens with one attached hydrogen (secondary N) is 3. The minimum Gasteiger partial charge on any atom is -0.362 e. The van der Waals surface area contributed by atoms with Crippen LogP contribution < -0.4 is 5.32 Å². The largest absolute Gasteiger partial charge is 0.362 e. The van der Waals surface area contributed by atoms with Crippen LogP contribution in [0.2, 0.25) is 0 Å². The van der Waals surface area contributed by atoms with Crippen molar-refractivity contribution in [3.63, 3.8) is 0 Å². The van der Waals surface area contributed by atoms with Gasteiger partial charge in [-0.05, 0) is 68.2 Å². The lowest BCUT2D eigenvalue weighted by molar-refractivity contribution is 1.04. The van der Waals surface area contributed by atoms with Crippen molar-refractivity contribution in [2.45, 2.75) is 32.1 Å². The summed E-state index contributed by atoms with van der Waals surface area (Å²) in [5.74, 6) is 0. The van der Waals surface area contributed by atoms with Crippen molar-refractivity contribution < 1.29 is 0 Å². The molecule has 8 bridgehead atoms. The smallest absolute Gasteiger partial charge is 0.0431 e. The maximum Gasteiger partial charge on any atom is 0.0431 e. The number of hydrogen-bond donors (Lipinski definition) is 3. The third kappa shape index (κ3) is 2.64. The lowest BCUT2D eigenvalue weighted by Gasteiger charge is -2.01. The van der Waals surface area contributed by atoms with Crippen LogP contribution in [-0.2, 0) is 6.42 Å². The zero-order valence-corrected chi connectivity index (χ0v) is 13.5. The maximum atomic E-state index is 4.80. The summed E-state index contributed by atoms with van der Waals surface area (Å²) >= 11 is 0. The number of aliphatic imine (C=N–C) groups is 1. The van der Waals surface area contributed by atoms with Gasteiger partial charge in [-0.15, -0.1) is 0 Å². The Kier molecular flexibility index (Phi) is 3.08. The Bertz CT molecular complexity index is 917. The summed E-state index contributed by atoms with van der Waals surface area (Å²) in [6.45, 7) is 0. The van der Waals surface area contributed by atoms with Crippen LogP contribution in [0.4, 0.5) is 0 Å². The number of nitrogens with zero attached hydrogens (tertiary/aromatic N) is 1. The highest BCUT2D eigenvalue weighted by molar-refractivity contribution is 5.98. The molecule has 0 atom stereocenters. The minimum atomic E-state index is 0.888. The van der Waals surface area contributed by atoms with Crippen molar-refractivity contribution in [2.24, 2.45) is 4.99 Å². The van der Waals surface area contributed by atoms with Gasteiger partial charge in [-0.3, -0.25) is 4.99 Å². The molecule has 0 unspecified atom stereocenters. The molecule has 2 aromatic rings. The van der Waals surface area contributed by atoms with Crippen LogP contribution in [0.25, 0.3) is 12.2 Å². The van der Waals surface area contributed by atoms with E-state index in [1.807, 2.05) is 0 Å². The fourth-order valence-corrected chi connectivity index (χ4v) is 3.64. The highest BCUT2D eigenvalue weighted by atomic mass is 14.9. The molecule has 3 N–H and O–H groups in total. The molecule has 3 aliphatic rings. The van der Waals surface area contributed by atoms with Gasteiger partial charge >= 0.3 is 0 Å². The van der Waals surface area contributed by atoms with Gasteiger partial charge in [0.2, 0.25) is 0 Å². The van der Waals surface area contributed by atoms with Gasteiger partial charge in [0.1, 0.15) is 0 Å². The first-order valence-corrected chi connectivity index (χ1v) is 8.62. The molecule has 120 valence electrons. The second-order valence-corrected chi connectivity index (χ2v) is 6.76. The van der Waals surface area contributed by atoms with Crippen molar-refractivity contribution in [1.29, 1.82) is 0 Å². The van der Waals surface area contributed by atoms with E-state index >= 15 is 0 Å². The van der Waals surface area contributed by atoms with Crippen molar-refractivity contribution in [1.82, 2.24) is 15.3 Å². The Morgan fingerprint density at radius 1 is 0.708 bits per heavy atom. The summed E-state index contributed by atoms with van der Waals surface area (Å²) in [6, 6.07) is 8.63. The van der Waals surface area contributed by atoms with Crippen LogP contribution in [0, 0.1) is 0 Å². The molecule has 24 heavy (non-hydrogen) atoms. The first kappa shape index (κ1) is 13.7. The van der Waals surface area contributed by atoms with Crippen LogP contribution in [-0.4, -0.2) is 15.7 Å². The number of fused-ring (bicyclic) bond motifs is 7. The monoisotopic (exact) mass is 316 g/mol. The van der Waals surface area contributed by atoms with Crippen LogP contribution in [0.5, 0.6) is 0 Å². The molecule has 5 rings (SSSR count). The summed E-state index contributed by atoms with van der Waals surface area (Å²) < 4.78 is 0. The van der Waals surface area contributed by atoms with E-state index < -0.39 is 0 Å². The molecule has 0 spiro atoms. The maximum absolute atomic E-state index is 4.80. The Morgan fingerprint density at radius 2 is 1.42 bits per heavy atom. The minimum absolute atomic E-state index is 0.888. The van der Waals surface area contributed by atoms with Gasteiger partial charge in [0.25, 0.3) is 0 Å². The molecule has 0 amide bonds.